The van der Waals surface area contributed by atoms with E-state index in [9.17, 15) is 28.8 Å². The van der Waals surface area contributed by atoms with Gasteiger partial charge in [-0.3, -0.25) is 28.8 Å². The lowest BCUT2D eigenvalue weighted by molar-refractivity contribution is -0.158. The van der Waals surface area contributed by atoms with Gasteiger partial charge in [0.25, 0.3) is 0 Å². The largest absolute Gasteiger partial charge is 0.465 e. The summed E-state index contributed by atoms with van der Waals surface area (Å²) in [4.78, 5) is 77.5. The van der Waals surface area contributed by atoms with E-state index in [1.165, 1.54) is 70.6 Å². The number of likely N-dealkylation sites (N-methyl/N-ethyl adjacent to an activating group) is 1. The van der Waals surface area contributed by atoms with E-state index in [1.807, 2.05) is 11.9 Å². The zero-order valence-electron chi connectivity index (χ0n) is 43.6. The first-order chi connectivity index (χ1) is 33.0. The summed E-state index contributed by atoms with van der Waals surface area (Å²) in [5.41, 5.74) is 0. The summed E-state index contributed by atoms with van der Waals surface area (Å²) in [5, 5.41) is 9.09. The number of esters is 6. The van der Waals surface area contributed by atoms with Crippen molar-refractivity contribution < 1.29 is 62.3 Å². The molecule has 398 valence electrons. The van der Waals surface area contributed by atoms with Gasteiger partial charge in [0.1, 0.15) is 39.6 Å². The molecule has 0 aliphatic heterocycles. The third-order valence-electron chi connectivity index (χ3n) is 12.0. The molecule has 1 unspecified atom stereocenters. The van der Waals surface area contributed by atoms with Crippen LogP contribution in [0.4, 0.5) is 0 Å². The van der Waals surface area contributed by atoms with Crippen LogP contribution in [0.1, 0.15) is 233 Å². The van der Waals surface area contributed by atoms with Crippen molar-refractivity contribution in [3.05, 3.63) is 0 Å². The van der Waals surface area contributed by atoms with Crippen LogP contribution in [-0.2, 0) is 57.2 Å². The number of ether oxygens (including phenoxy) is 6. The van der Waals surface area contributed by atoms with E-state index in [2.05, 4.69) is 20.8 Å². The Morgan fingerprint density at radius 3 is 0.794 bits per heavy atom. The van der Waals surface area contributed by atoms with E-state index in [0.717, 1.165) is 103 Å². The lowest BCUT2D eigenvalue weighted by Crippen LogP contribution is -2.27. The fraction of sp³-hybridized carbons (Fsp3) is 0.889. The van der Waals surface area contributed by atoms with Gasteiger partial charge in [-0.05, 0) is 45.7 Å². The second-order valence-corrected chi connectivity index (χ2v) is 18.8. The zero-order valence-corrected chi connectivity index (χ0v) is 43.6. The number of aliphatic hydroxyl groups excluding tert-OH is 1. The van der Waals surface area contributed by atoms with Crippen LogP contribution in [-0.4, -0.2) is 112 Å². The molecule has 0 saturated heterocycles. The summed E-state index contributed by atoms with van der Waals surface area (Å²) in [5.74, 6) is -4.00. The molecule has 0 aromatic rings. The molecule has 0 rings (SSSR count). The van der Waals surface area contributed by atoms with Crippen LogP contribution >= 0.6 is 0 Å². The molecule has 14 heteroatoms. The summed E-state index contributed by atoms with van der Waals surface area (Å²) in [6.45, 7) is 7.14. The minimum atomic E-state index is -0.674. The van der Waals surface area contributed by atoms with Crippen LogP contribution in [0.15, 0.2) is 0 Å². The average molecular weight is 970 g/mol. The van der Waals surface area contributed by atoms with Crippen molar-refractivity contribution in [3.63, 3.8) is 0 Å². The first-order valence-corrected chi connectivity index (χ1v) is 27.3. The van der Waals surface area contributed by atoms with Crippen molar-refractivity contribution in [1.82, 2.24) is 4.90 Å². The number of hydrogen-bond acceptors (Lipinski definition) is 14. The normalized spacial score (nSPS) is 11.7. The van der Waals surface area contributed by atoms with Gasteiger partial charge < -0.3 is 38.4 Å². The average Bonchev–Trinajstić information content (AvgIpc) is 3.32. The van der Waals surface area contributed by atoms with Gasteiger partial charge in [-0.1, -0.05) is 162 Å². The van der Waals surface area contributed by atoms with Gasteiger partial charge in [-0.15, -0.1) is 0 Å². The van der Waals surface area contributed by atoms with Crippen molar-refractivity contribution in [2.45, 2.75) is 233 Å². The molecule has 0 aromatic carbocycles. The van der Waals surface area contributed by atoms with Gasteiger partial charge in [0.05, 0.1) is 31.3 Å². The molecular weight excluding hydrogens is 871 g/mol. The summed E-state index contributed by atoms with van der Waals surface area (Å²) in [6, 6.07) is 0. The second-order valence-electron chi connectivity index (χ2n) is 18.8. The molecule has 68 heavy (non-hydrogen) atoms. The van der Waals surface area contributed by atoms with Gasteiger partial charge in [-0.2, -0.15) is 0 Å². The van der Waals surface area contributed by atoms with E-state index >= 15 is 0 Å². The highest BCUT2D eigenvalue weighted by Crippen LogP contribution is 2.15. The first kappa shape index (κ1) is 64.7. The second kappa shape index (κ2) is 48.8. The predicted octanol–water partition coefficient (Wildman–Crippen LogP) is 11.3. The summed E-state index contributed by atoms with van der Waals surface area (Å²) in [7, 11) is 1.90. The topological polar surface area (TPSA) is 181 Å². The van der Waals surface area contributed by atoms with Crippen LogP contribution in [0, 0.1) is 11.8 Å². The Hall–Kier alpha value is -3.26. The van der Waals surface area contributed by atoms with Crippen LogP contribution in [0.5, 0.6) is 0 Å². The van der Waals surface area contributed by atoms with Crippen molar-refractivity contribution in [1.29, 1.82) is 0 Å². The van der Waals surface area contributed by atoms with E-state index < -0.39 is 29.7 Å². The fourth-order valence-electron chi connectivity index (χ4n) is 7.51. The van der Waals surface area contributed by atoms with E-state index in [0.29, 0.717) is 13.0 Å². The molecule has 0 saturated carbocycles. The quantitative estimate of drug-likeness (QED) is 0.0345. The minimum Gasteiger partial charge on any atom is -0.465 e. The van der Waals surface area contributed by atoms with Crippen LogP contribution in [0.25, 0.3) is 0 Å². The standard InChI is InChI=1S/C54H99NO13/c1-5-8-11-14-15-16-17-18-19-20-21-22-23-26-29-34-51(59)65-43-48(44-66-52(60)35-30-31-38-55(4)39-40-56)46-68-54(62)37-36-53(61)67-45-47(41-63-49(57)32-27-24-12-9-6-2)42-64-50(58)33-28-25-13-10-7-3/h47-48,56H,5-46H2,1-4H3. The number of aliphatic hydroxyl groups is 1. The number of carbonyl (C=O) groups excluding carboxylic acids is 6. The molecule has 0 aliphatic carbocycles. The molecule has 14 nitrogen and oxygen atoms in total. The molecule has 0 spiro atoms. The van der Waals surface area contributed by atoms with E-state index in [4.69, 9.17) is 33.5 Å². The van der Waals surface area contributed by atoms with Crippen LogP contribution < -0.4 is 0 Å². The van der Waals surface area contributed by atoms with Crippen molar-refractivity contribution >= 4 is 35.8 Å². The number of hydrogen-bond donors (Lipinski definition) is 1. The molecule has 0 bridgehead atoms. The third kappa shape index (κ3) is 45.2. The summed E-state index contributed by atoms with van der Waals surface area (Å²) < 4.78 is 32.8. The molecule has 0 radical (unpaired) electrons. The molecule has 0 heterocycles. The van der Waals surface area contributed by atoms with Gasteiger partial charge in [0, 0.05) is 32.2 Å². The molecule has 0 aliphatic rings. The predicted molar refractivity (Wildman–Crippen MR) is 267 cm³/mol. The highest BCUT2D eigenvalue weighted by Gasteiger charge is 2.21. The summed E-state index contributed by atoms with van der Waals surface area (Å²) in [6.07, 6.45) is 30.2. The number of rotatable bonds is 50. The first-order valence-electron chi connectivity index (χ1n) is 27.3. The maximum atomic E-state index is 12.8. The lowest BCUT2D eigenvalue weighted by Gasteiger charge is -2.18. The molecule has 1 N–H and O–H groups in total. The molecule has 1 atom stereocenters. The maximum absolute atomic E-state index is 12.8. The minimum absolute atomic E-state index is 0.0672. The number of unbranched alkanes of at least 4 members (excludes halogenated alkanes) is 23. The molecular formula is C54H99NO13. The summed E-state index contributed by atoms with van der Waals surface area (Å²) >= 11 is 0. The molecule has 0 amide bonds. The molecule has 0 fully saturated rings. The Morgan fingerprint density at radius 1 is 0.324 bits per heavy atom. The van der Waals surface area contributed by atoms with Crippen molar-refractivity contribution in [3.8, 4) is 0 Å². The van der Waals surface area contributed by atoms with Crippen LogP contribution in [0.3, 0.4) is 0 Å². The fourth-order valence-corrected chi connectivity index (χ4v) is 7.51. The van der Waals surface area contributed by atoms with Gasteiger partial charge in [0.15, 0.2) is 0 Å². The van der Waals surface area contributed by atoms with Gasteiger partial charge in [-0.25, -0.2) is 0 Å². The smallest absolute Gasteiger partial charge is 0.306 e. The SMILES string of the molecule is CCCCCCCCCCCCCCCCCC(=O)OCC(COC(=O)CCCCN(C)CCO)COC(=O)CCC(=O)OCC(COC(=O)CCCCCCC)COC(=O)CCCCCCC. The zero-order chi connectivity index (χ0) is 50.1. The Labute approximate surface area is 412 Å². The Bertz CT molecular complexity index is 1220. The number of nitrogens with zero attached hydrogens (tertiary/aromatic N) is 1. The lowest BCUT2D eigenvalue weighted by atomic mass is 10.0. The van der Waals surface area contributed by atoms with E-state index in [-0.39, 0.29) is 103 Å². The Kier molecular flexibility index (Phi) is 46.4. The third-order valence-corrected chi connectivity index (χ3v) is 12.0. The maximum Gasteiger partial charge on any atom is 0.306 e. The van der Waals surface area contributed by atoms with Crippen LogP contribution in [0.2, 0.25) is 0 Å². The number of carbonyl (C=O) groups is 6. The highest BCUT2D eigenvalue weighted by molar-refractivity contribution is 5.77. The van der Waals surface area contributed by atoms with Crippen molar-refractivity contribution in [2.75, 3.05) is 66.4 Å². The Balaban J connectivity index is 4.93. The Morgan fingerprint density at radius 2 is 0.544 bits per heavy atom. The van der Waals surface area contributed by atoms with Gasteiger partial charge in [0.2, 0.25) is 0 Å². The molecule has 0 aromatic heterocycles. The van der Waals surface area contributed by atoms with E-state index in [1.54, 1.807) is 0 Å². The van der Waals surface area contributed by atoms with Gasteiger partial charge >= 0.3 is 35.8 Å². The van der Waals surface area contributed by atoms with Crippen molar-refractivity contribution in [2.24, 2.45) is 11.8 Å². The highest BCUT2D eigenvalue weighted by atomic mass is 16.6. The monoisotopic (exact) mass is 970 g/mol.